The van der Waals surface area contributed by atoms with Crippen LogP contribution in [0.5, 0.6) is 0 Å². The molecule has 2 N–H and O–H groups in total. The zero-order valence-electron chi connectivity index (χ0n) is 15.9. The van der Waals surface area contributed by atoms with Crippen molar-refractivity contribution in [1.29, 1.82) is 0 Å². The van der Waals surface area contributed by atoms with Crippen molar-refractivity contribution >= 4 is 33.0 Å². The molecule has 0 bridgehead atoms. The lowest BCUT2D eigenvalue weighted by atomic mass is 9.99. The molecule has 3 rings (SSSR count). The van der Waals surface area contributed by atoms with E-state index in [0.29, 0.717) is 15.5 Å². The van der Waals surface area contributed by atoms with E-state index in [-0.39, 0.29) is 0 Å². The number of carbonyl (C=O) groups is 1. The number of rotatable bonds is 10. The quantitative estimate of drug-likeness (QED) is 0.434. The number of carboxylic acids is 1. The minimum absolute atomic E-state index is 0.296. The Bertz CT molecular complexity index is 1060. The Morgan fingerprint density at radius 1 is 0.862 bits per heavy atom. The molecular weight excluding hydrogens is 406 g/mol. The van der Waals surface area contributed by atoms with Crippen LogP contribution in [0.15, 0.2) is 70.3 Å². The summed E-state index contributed by atoms with van der Waals surface area (Å²) in [5.41, 5.74) is 2.78. The number of carboxylic acid groups (broad SMARTS) is 1. The molecule has 0 radical (unpaired) electrons. The minimum Gasteiger partial charge on any atom is -0.478 e. The molecule has 5 nitrogen and oxygen atoms in total. The van der Waals surface area contributed by atoms with Crippen molar-refractivity contribution in [3.05, 3.63) is 82.7 Å². The number of thiophene rings is 1. The van der Waals surface area contributed by atoms with Crippen molar-refractivity contribution in [3.63, 3.8) is 0 Å². The number of hydrogen-bond donors (Lipinski definition) is 2. The SMILES string of the molecule is O=C(O)c1ccccc1CCCCCc1ccccc1NS(=O)(=O)c1cccs1. The van der Waals surface area contributed by atoms with Gasteiger partial charge in [0.15, 0.2) is 0 Å². The maximum Gasteiger partial charge on any atom is 0.335 e. The van der Waals surface area contributed by atoms with Crippen LogP contribution >= 0.6 is 11.3 Å². The van der Waals surface area contributed by atoms with E-state index in [9.17, 15) is 18.3 Å². The van der Waals surface area contributed by atoms with Crippen LogP contribution in [-0.4, -0.2) is 19.5 Å². The molecule has 0 saturated heterocycles. The van der Waals surface area contributed by atoms with E-state index in [2.05, 4.69) is 4.72 Å². The van der Waals surface area contributed by atoms with Crippen molar-refractivity contribution < 1.29 is 18.3 Å². The van der Waals surface area contributed by atoms with E-state index >= 15 is 0 Å². The van der Waals surface area contributed by atoms with Crippen LogP contribution in [-0.2, 0) is 22.9 Å². The standard InChI is InChI=1S/C22H23NO4S2/c24-22(25)19-13-6-4-10-17(19)9-2-1-3-11-18-12-5-7-14-20(18)23-29(26,27)21-15-8-16-28-21/h4-8,10,12-16,23H,1-3,9,11H2,(H,24,25). The van der Waals surface area contributed by atoms with Crippen molar-refractivity contribution in [1.82, 2.24) is 0 Å². The number of anilines is 1. The summed E-state index contributed by atoms with van der Waals surface area (Å²) in [4.78, 5) is 11.3. The molecule has 0 saturated carbocycles. The summed E-state index contributed by atoms with van der Waals surface area (Å²) in [6, 6.07) is 17.8. The van der Waals surface area contributed by atoms with Crippen LogP contribution in [0.1, 0.15) is 40.7 Å². The Balaban J connectivity index is 1.55. The minimum atomic E-state index is -3.56. The Labute approximate surface area is 175 Å². The Morgan fingerprint density at radius 2 is 1.52 bits per heavy atom. The number of sulfonamides is 1. The number of aromatic carboxylic acids is 1. The van der Waals surface area contributed by atoms with Crippen molar-refractivity contribution in [2.24, 2.45) is 0 Å². The Kier molecular flexibility index (Phi) is 7.06. The predicted octanol–water partition coefficient (Wildman–Crippen LogP) is 5.20. The summed E-state index contributed by atoms with van der Waals surface area (Å²) in [5.74, 6) is -0.896. The molecular formula is C22H23NO4S2. The highest BCUT2D eigenvalue weighted by Crippen LogP contribution is 2.24. The number of benzene rings is 2. The molecule has 29 heavy (non-hydrogen) atoms. The summed E-state index contributed by atoms with van der Waals surface area (Å²) in [6.07, 6.45) is 4.18. The summed E-state index contributed by atoms with van der Waals surface area (Å²) < 4.78 is 28.0. The summed E-state index contributed by atoms with van der Waals surface area (Å²) >= 11 is 1.19. The molecule has 3 aromatic rings. The van der Waals surface area contributed by atoms with Gasteiger partial charge < -0.3 is 5.11 Å². The van der Waals surface area contributed by atoms with Gasteiger partial charge in [-0.3, -0.25) is 4.72 Å². The molecule has 0 fully saturated rings. The molecule has 0 atom stereocenters. The fourth-order valence-corrected chi connectivity index (χ4v) is 5.30. The predicted molar refractivity (Wildman–Crippen MR) is 116 cm³/mol. The third-order valence-corrected chi connectivity index (χ3v) is 7.42. The molecule has 2 aromatic carbocycles. The van der Waals surface area contributed by atoms with Gasteiger partial charge in [-0.25, -0.2) is 13.2 Å². The van der Waals surface area contributed by atoms with E-state index in [0.717, 1.165) is 43.2 Å². The highest BCUT2D eigenvalue weighted by Gasteiger charge is 2.16. The van der Waals surface area contributed by atoms with Gasteiger partial charge >= 0.3 is 5.97 Å². The smallest absolute Gasteiger partial charge is 0.335 e. The lowest BCUT2D eigenvalue weighted by Gasteiger charge is -2.12. The van der Waals surface area contributed by atoms with Gasteiger partial charge in [0.2, 0.25) is 0 Å². The van der Waals surface area contributed by atoms with E-state index in [1.54, 1.807) is 35.7 Å². The van der Waals surface area contributed by atoms with Crippen LogP contribution in [0, 0.1) is 0 Å². The first kappa shape index (κ1) is 21.1. The van der Waals surface area contributed by atoms with Crippen LogP contribution in [0.4, 0.5) is 5.69 Å². The zero-order chi connectivity index (χ0) is 20.7. The third-order valence-electron chi connectivity index (χ3n) is 4.66. The van der Waals surface area contributed by atoms with Crippen LogP contribution in [0.3, 0.4) is 0 Å². The maximum atomic E-state index is 12.5. The average Bonchev–Trinajstić information content (AvgIpc) is 3.25. The molecule has 0 aliphatic carbocycles. The van der Waals surface area contributed by atoms with Crippen LogP contribution in [0.2, 0.25) is 0 Å². The fraction of sp³-hybridized carbons (Fsp3) is 0.227. The van der Waals surface area contributed by atoms with Crippen LogP contribution < -0.4 is 4.72 Å². The molecule has 0 amide bonds. The summed E-state index contributed by atoms with van der Waals surface area (Å²) in [7, 11) is -3.56. The topological polar surface area (TPSA) is 83.5 Å². The third kappa shape index (κ3) is 5.68. The van der Waals surface area contributed by atoms with Gasteiger partial charge in [0.05, 0.1) is 11.3 Å². The van der Waals surface area contributed by atoms with Gasteiger partial charge in [-0.15, -0.1) is 11.3 Å². The second-order valence-electron chi connectivity index (χ2n) is 6.72. The average molecular weight is 430 g/mol. The van der Waals surface area contributed by atoms with Gasteiger partial charge in [-0.1, -0.05) is 48.9 Å². The largest absolute Gasteiger partial charge is 0.478 e. The number of aryl methyl sites for hydroxylation is 2. The van der Waals surface area contributed by atoms with Crippen LogP contribution in [0.25, 0.3) is 0 Å². The zero-order valence-corrected chi connectivity index (χ0v) is 17.5. The molecule has 1 aromatic heterocycles. The van der Waals surface area contributed by atoms with Crippen molar-refractivity contribution in [2.45, 2.75) is 36.3 Å². The Morgan fingerprint density at radius 3 is 2.21 bits per heavy atom. The van der Waals surface area contributed by atoms with E-state index in [1.165, 1.54) is 11.3 Å². The molecule has 1 heterocycles. The normalized spacial score (nSPS) is 11.3. The molecule has 152 valence electrons. The van der Waals surface area contributed by atoms with Gasteiger partial charge in [-0.2, -0.15) is 0 Å². The van der Waals surface area contributed by atoms with Gasteiger partial charge in [0, 0.05) is 0 Å². The summed E-state index contributed by atoms with van der Waals surface area (Å²) in [5, 5.41) is 11.0. The second-order valence-corrected chi connectivity index (χ2v) is 9.57. The first-order valence-electron chi connectivity index (χ1n) is 9.43. The number of unbranched alkanes of at least 4 members (excludes halogenated alkanes) is 2. The second kappa shape index (κ2) is 9.71. The van der Waals surface area contributed by atoms with Gasteiger partial charge in [0.25, 0.3) is 10.0 Å². The lowest BCUT2D eigenvalue weighted by Crippen LogP contribution is -2.13. The molecule has 0 unspecified atom stereocenters. The maximum absolute atomic E-state index is 12.5. The highest BCUT2D eigenvalue weighted by molar-refractivity contribution is 7.94. The molecule has 0 aliphatic heterocycles. The first-order chi connectivity index (χ1) is 14.0. The number of hydrogen-bond acceptors (Lipinski definition) is 4. The number of nitrogens with one attached hydrogen (secondary N) is 1. The van der Waals surface area contributed by atoms with E-state index < -0.39 is 16.0 Å². The lowest BCUT2D eigenvalue weighted by molar-refractivity contribution is 0.0695. The highest BCUT2D eigenvalue weighted by atomic mass is 32.2. The number of para-hydroxylation sites is 1. The molecule has 0 spiro atoms. The van der Waals surface area contributed by atoms with Gasteiger partial charge in [0.1, 0.15) is 4.21 Å². The van der Waals surface area contributed by atoms with Crippen molar-refractivity contribution in [2.75, 3.05) is 4.72 Å². The monoisotopic (exact) mass is 429 g/mol. The molecule has 7 heteroatoms. The fourth-order valence-electron chi connectivity index (χ4n) is 3.20. The van der Waals surface area contributed by atoms with E-state index in [4.69, 9.17) is 0 Å². The Hall–Kier alpha value is -2.64. The van der Waals surface area contributed by atoms with Crippen molar-refractivity contribution in [3.8, 4) is 0 Å². The first-order valence-corrected chi connectivity index (χ1v) is 11.8. The summed E-state index contributed by atoms with van der Waals surface area (Å²) in [6.45, 7) is 0. The van der Waals surface area contributed by atoms with Gasteiger partial charge in [-0.05, 0) is 60.4 Å². The van der Waals surface area contributed by atoms with E-state index in [1.807, 2.05) is 30.3 Å². The molecule has 0 aliphatic rings.